The van der Waals surface area contributed by atoms with Crippen LogP contribution in [-0.2, 0) is 0 Å². The summed E-state index contributed by atoms with van der Waals surface area (Å²) in [5.41, 5.74) is 0.942. The quantitative estimate of drug-likeness (QED) is 0.693. The number of aldehydes is 1. The molecule has 0 unspecified atom stereocenters. The van der Waals surface area contributed by atoms with Gasteiger partial charge < -0.3 is 5.32 Å². The number of nitrogens with zero attached hydrogens (tertiary/aromatic N) is 3. The van der Waals surface area contributed by atoms with Gasteiger partial charge in [-0.2, -0.15) is 5.26 Å². The van der Waals surface area contributed by atoms with E-state index >= 15 is 0 Å². The zero-order chi connectivity index (χ0) is 14.7. The molecule has 0 fully saturated rings. The zero-order valence-corrected chi connectivity index (χ0v) is 11.8. The second-order valence-corrected chi connectivity index (χ2v) is 4.66. The predicted molar refractivity (Wildman–Crippen MR) is 76.6 cm³/mol. The van der Waals surface area contributed by atoms with Crippen LogP contribution in [0.3, 0.4) is 0 Å². The van der Waals surface area contributed by atoms with Gasteiger partial charge in [-0.15, -0.1) is 0 Å². The molecule has 2 rings (SSSR count). The third kappa shape index (κ3) is 2.87. The smallest absolute Gasteiger partial charge is 0.156 e. The lowest BCUT2D eigenvalue weighted by atomic mass is 10.2. The van der Waals surface area contributed by atoms with Crippen molar-refractivity contribution >= 4 is 41.0 Å². The molecule has 0 spiro atoms. The maximum Gasteiger partial charge on any atom is 0.156 e. The van der Waals surface area contributed by atoms with Crippen LogP contribution < -0.4 is 5.32 Å². The molecule has 20 heavy (non-hydrogen) atoms. The summed E-state index contributed by atoms with van der Waals surface area (Å²) in [6.45, 7) is 1.65. The fourth-order valence-corrected chi connectivity index (χ4v) is 2.02. The summed E-state index contributed by atoms with van der Waals surface area (Å²) in [7, 11) is 0. The molecule has 1 aromatic carbocycles. The van der Waals surface area contributed by atoms with Gasteiger partial charge in [0.25, 0.3) is 0 Å². The Morgan fingerprint density at radius 3 is 2.75 bits per heavy atom. The number of aryl methyl sites for hydroxylation is 1. The molecule has 0 aliphatic heterocycles. The first-order valence-electron chi connectivity index (χ1n) is 5.51. The van der Waals surface area contributed by atoms with Gasteiger partial charge in [0.1, 0.15) is 22.9 Å². The molecule has 0 radical (unpaired) electrons. The first kappa shape index (κ1) is 14.3. The van der Waals surface area contributed by atoms with Crippen LogP contribution in [-0.4, -0.2) is 16.3 Å². The Balaban J connectivity index is 2.53. The molecular formula is C13H8Cl2N4O. The van der Waals surface area contributed by atoms with Crippen molar-refractivity contribution in [2.75, 3.05) is 5.32 Å². The number of carbonyl (C=O) groups excluding carboxylic acids is 1. The van der Waals surface area contributed by atoms with Crippen LogP contribution in [0.5, 0.6) is 0 Å². The van der Waals surface area contributed by atoms with E-state index in [0.29, 0.717) is 28.4 Å². The van der Waals surface area contributed by atoms with Crippen LogP contribution in [0, 0.1) is 18.3 Å². The standard InChI is InChI=1S/C13H8Cl2N4O/c1-7-17-12(15)10(6-20)13(18-7)19-11-4-9(14)3-2-8(11)5-16/h2-4,6H,1H3,(H,17,18,19). The first-order valence-corrected chi connectivity index (χ1v) is 6.26. The minimum Gasteiger partial charge on any atom is -0.338 e. The number of halogens is 2. The van der Waals surface area contributed by atoms with Crippen LogP contribution in [0.4, 0.5) is 11.5 Å². The summed E-state index contributed by atoms with van der Waals surface area (Å²) >= 11 is 11.8. The molecular weight excluding hydrogens is 299 g/mol. The van der Waals surface area contributed by atoms with E-state index in [0.717, 1.165) is 0 Å². The van der Waals surface area contributed by atoms with Gasteiger partial charge in [-0.3, -0.25) is 4.79 Å². The van der Waals surface area contributed by atoms with E-state index in [9.17, 15) is 4.79 Å². The number of benzene rings is 1. The van der Waals surface area contributed by atoms with Gasteiger partial charge in [0.15, 0.2) is 6.29 Å². The third-order valence-electron chi connectivity index (χ3n) is 2.48. The van der Waals surface area contributed by atoms with E-state index in [1.807, 2.05) is 6.07 Å². The number of carbonyl (C=O) groups is 1. The number of nitriles is 1. The summed E-state index contributed by atoms with van der Waals surface area (Å²) in [6, 6.07) is 6.77. The van der Waals surface area contributed by atoms with Crippen LogP contribution in [0.2, 0.25) is 10.2 Å². The van der Waals surface area contributed by atoms with E-state index in [4.69, 9.17) is 28.5 Å². The Kier molecular flexibility index (Phi) is 4.18. The van der Waals surface area contributed by atoms with Crippen molar-refractivity contribution in [2.24, 2.45) is 0 Å². The molecule has 2 aromatic rings. The average molecular weight is 307 g/mol. The highest BCUT2D eigenvalue weighted by Crippen LogP contribution is 2.27. The van der Waals surface area contributed by atoms with Crippen LogP contribution in [0.1, 0.15) is 21.7 Å². The Bertz CT molecular complexity index is 725. The van der Waals surface area contributed by atoms with Crippen molar-refractivity contribution in [3.05, 3.63) is 45.3 Å². The molecule has 100 valence electrons. The maximum absolute atomic E-state index is 11.1. The number of aromatic nitrogens is 2. The molecule has 1 aromatic heterocycles. The number of anilines is 2. The fourth-order valence-electron chi connectivity index (χ4n) is 1.59. The van der Waals surface area contributed by atoms with Gasteiger partial charge in [0, 0.05) is 5.02 Å². The molecule has 0 bridgehead atoms. The lowest BCUT2D eigenvalue weighted by Crippen LogP contribution is -2.04. The molecule has 0 atom stereocenters. The molecule has 0 aliphatic carbocycles. The van der Waals surface area contributed by atoms with Gasteiger partial charge in [-0.05, 0) is 25.1 Å². The van der Waals surface area contributed by atoms with Crippen LogP contribution >= 0.6 is 23.2 Å². The monoisotopic (exact) mass is 306 g/mol. The topological polar surface area (TPSA) is 78.7 Å². The Morgan fingerprint density at radius 2 is 2.10 bits per heavy atom. The number of hydrogen-bond acceptors (Lipinski definition) is 5. The Hall–Kier alpha value is -2.16. The summed E-state index contributed by atoms with van der Waals surface area (Å²) in [6.07, 6.45) is 0.556. The molecule has 0 amide bonds. The lowest BCUT2D eigenvalue weighted by Gasteiger charge is -2.11. The molecule has 1 N–H and O–H groups in total. The molecule has 0 saturated carbocycles. The van der Waals surface area contributed by atoms with Gasteiger partial charge >= 0.3 is 0 Å². The largest absolute Gasteiger partial charge is 0.338 e. The number of hydrogen-bond donors (Lipinski definition) is 1. The minimum atomic E-state index is 0.0514. The molecule has 0 aliphatic rings. The lowest BCUT2D eigenvalue weighted by molar-refractivity contribution is 0.112. The summed E-state index contributed by atoms with van der Waals surface area (Å²) in [4.78, 5) is 19.1. The highest BCUT2D eigenvalue weighted by molar-refractivity contribution is 6.32. The molecule has 0 saturated heterocycles. The second-order valence-electron chi connectivity index (χ2n) is 3.87. The number of rotatable bonds is 3. The highest BCUT2D eigenvalue weighted by Gasteiger charge is 2.13. The van der Waals surface area contributed by atoms with Crippen molar-refractivity contribution in [1.29, 1.82) is 5.26 Å². The third-order valence-corrected chi connectivity index (χ3v) is 3.01. The highest BCUT2D eigenvalue weighted by atomic mass is 35.5. The Labute approximate surface area is 125 Å². The number of nitrogens with one attached hydrogen (secondary N) is 1. The zero-order valence-electron chi connectivity index (χ0n) is 10.3. The summed E-state index contributed by atoms with van der Waals surface area (Å²) in [5, 5.41) is 12.5. The summed E-state index contributed by atoms with van der Waals surface area (Å²) in [5.74, 6) is 0.639. The van der Waals surface area contributed by atoms with Crippen molar-refractivity contribution in [2.45, 2.75) is 6.92 Å². The molecule has 7 heteroatoms. The molecule has 1 heterocycles. The second kappa shape index (κ2) is 5.87. The van der Waals surface area contributed by atoms with E-state index in [-0.39, 0.29) is 16.5 Å². The van der Waals surface area contributed by atoms with Gasteiger partial charge in [-0.25, -0.2) is 9.97 Å². The predicted octanol–water partition coefficient (Wildman–Crippen LogP) is 3.52. The minimum absolute atomic E-state index is 0.0514. The Morgan fingerprint density at radius 1 is 1.35 bits per heavy atom. The van der Waals surface area contributed by atoms with Gasteiger partial charge in [0.2, 0.25) is 0 Å². The van der Waals surface area contributed by atoms with Crippen molar-refractivity contribution in [3.63, 3.8) is 0 Å². The van der Waals surface area contributed by atoms with Gasteiger partial charge in [-0.1, -0.05) is 23.2 Å². The van der Waals surface area contributed by atoms with Crippen LogP contribution in [0.15, 0.2) is 18.2 Å². The van der Waals surface area contributed by atoms with Crippen LogP contribution in [0.25, 0.3) is 0 Å². The maximum atomic E-state index is 11.1. The fraction of sp³-hybridized carbons (Fsp3) is 0.0769. The molecule has 5 nitrogen and oxygen atoms in total. The van der Waals surface area contributed by atoms with E-state index in [1.54, 1.807) is 25.1 Å². The first-order chi connectivity index (χ1) is 9.55. The summed E-state index contributed by atoms with van der Waals surface area (Å²) < 4.78 is 0. The van der Waals surface area contributed by atoms with Crippen molar-refractivity contribution < 1.29 is 4.79 Å². The van der Waals surface area contributed by atoms with Crippen molar-refractivity contribution in [3.8, 4) is 6.07 Å². The normalized spacial score (nSPS) is 9.90. The van der Waals surface area contributed by atoms with E-state index < -0.39 is 0 Å². The average Bonchev–Trinajstić information content (AvgIpc) is 2.38. The SMILES string of the molecule is Cc1nc(Cl)c(C=O)c(Nc2cc(Cl)ccc2C#N)n1. The van der Waals surface area contributed by atoms with E-state index in [2.05, 4.69) is 15.3 Å². The van der Waals surface area contributed by atoms with E-state index in [1.165, 1.54) is 0 Å². The van der Waals surface area contributed by atoms with Gasteiger partial charge in [0.05, 0.1) is 16.8 Å². The van der Waals surface area contributed by atoms with Crippen molar-refractivity contribution in [1.82, 2.24) is 9.97 Å².